The molecule has 6 nitrogen and oxygen atoms in total. The number of likely N-dealkylation sites (tertiary alicyclic amines) is 1. The van der Waals surface area contributed by atoms with Crippen molar-refractivity contribution in [3.63, 3.8) is 0 Å². The van der Waals surface area contributed by atoms with Gasteiger partial charge in [-0.2, -0.15) is 0 Å². The van der Waals surface area contributed by atoms with Crippen LogP contribution in [0.2, 0.25) is 0 Å². The van der Waals surface area contributed by atoms with Crippen LogP contribution in [-0.4, -0.2) is 65.1 Å². The van der Waals surface area contributed by atoms with Crippen molar-refractivity contribution >= 4 is 11.8 Å². The molecule has 0 aromatic heterocycles. The summed E-state index contributed by atoms with van der Waals surface area (Å²) >= 11 is 0. The number of carbonyl (C=O) groups is 2. The van der Waals surface area contributed by atoms with Gasteiger partial charge >= 0.3 is 0 Å². The molecule has 2 atom stereocenters. The number of hydrogen-bond acceptors (Lipinski definition) is 4. The minimum Gasteiger partial charge on any atom is -0.507 e. The lowest BCUT2D eigenvalue weighted by atomic mass is 9.94. The zero-order valence-electron chi connectivity index (χ0n) is 17.4. The molecule has 154 valence electrons. The molecule has 2 fully saturated rings. The first-order chi connectivity index (χ1) is 13.3. The van der Waals surface area contributed by atoms with Crippen LogP contribution in [0, 0.1) is 5.92 Å². The molecular weight excluding hydrogens is 356 g/mol. The van der Waals surface area contributed by atoms with Crippen molar-refractivity contribution in [1.82, 2.24) is 9.80 Å². The molecule has 1 aromatic rings. The summed E-state index contributed by atoms with van der Waals surface area (Å²) in [5.74, 6) is 0.303. The largest absolute Gasteiger partial charge is 0.507 e. The fourth-order valence-corrected chi connectivity index (χ4v) is 4.20. The molecule has 0 spiro atoms. The van der Waals surface area contributed by atoms with E-state index in [-0.39, 0.29) is 35.7 Å². The number of ether oxygens (including phenoxy) is 1. The molecule has 0 radical (unpaired) electrons. The Balaban J connectivity index is 1.59. The van der Waals surface area contributed by atoms with E-state index in [1.165, 1.54) is 0 Å². The number of morpholine rings is 1. The number of amides is 2. The van der Waals surface area contributed by atoms with E-state index in [1.807, 2.05) is 38.7 Å². The maximum absolute atomic E-state index is 12.9. The second-order valence-corrected chi connectivity index (χ2v) is 8.50. The van der Waals surface area contributed by atoms with Crippen molar-refractivity contribution in [3.8, 4) is 5.75 Å². The van der Waals surface area contributed by atoms with Gasteiger partial charge in [-0.1, -0.05) is 19.9 Å². The third-order valence-electron chi connectivity index (χ3n) is 5.78. The summed E-state index contributed by atoms with van der Waals surface area (Å²) in [5, 5.41) is 10.3. The first-order valence-electron chi connectivity index (χ1n) is 10.3. The highest BCUT2D eigenvalue weighted by atomic mass is 16.5. The van der Waals surface area contributed by atoms with E-state index < -0.39 is 0 Å². The summed E-state index contributed by atoms with van der Waals surface area (Å²) in [4.78, 5) is 29.4. The normalized spacial score (nSPS) is 23.9. The Morgan fingerprint density at radius 1 is 1.07 bits per heavy atom. The van der Waals surface area contributed by atoms with Crippen molar-refractivity contribution in [2.75, 3.05) is 26.2 Å². The maximum atomic E-state index is 12.9. The minimum absolute atomic E-state index is 0.0330. The van der Waals surface area contributed by atoms with Crippen molar-refractivity contribution in [1.29, 1.82) is 0 Å². The smallest absolute Gasteiger partial charge is 0.257 e. The first kappa shape index (κ1) is 20.6. The molecule has 6 heteroatoms. The highest BCUT2D eigenvalue weighted by Crippen LogP contribution is 2.27. The van der Waals surface area contributed by atoms with E-state index in [2.05, 4.69) is 0 Å². The molecule has 2 amide bonds. The molecule has 0 aliphatic carbocycles. The fraction of sp³-hybridized carbons (Fsp3) is 0.636. The van der Waals surface area contributed by atoms with Crippen LogP contribution in [0.5, 0.6) is 5.75 Å². The molecule has 1 aromatic carbocycles. The molecule has 2 aliphatic heterocycles. The van der Waals surface area contributed by atoms with Crippen LogP contribution in [0.25, 0.3) is 0 Å². The molecule has 0 saturated carbocycles. The van der Waals surface area contributed by atoms with Gasteiger partial charge in [0.25, 0.3) is 5.91 Å². The van der Waals surface area contributed by atoms with Crippen LogP contribution in [-0.2, 0) is 9.53 Å². The number of benzene rings is 1. The van der Waals surface area contributed by atoms with Crippen molar-refractivity contribution in [2.45, 2.75) is 58.7 Å². The molecule has 0 bridgehead atoms. The summed E-state index contributed by atoms with van der Waals surface area (Å²) in [5.41, 5.74) is 1.34. The predicted molar refractivity (Wildman–Crippen MR) is 107 cm³/mol. The van der Waals surface area contributed by atoms with E-state index in [1.54, 1.807) is 17.0 Å². The van der Waals surface area contributed by atoms with Crippen LogP contribution >= 0.6 is 0 Å². The number of phenols is 1. The van der Waals surface area contributed by atoms with Gasteiger partial charge in [0.05, 0.1) is 17.8 Å². The first-order valence-corrected chi connectivity index (χ1v) is 10.3. The molecule has 3 rings (SSSR count). The second kappa shape index (κ2) is 8.52. The van der Waals surface area contributed by atoms with Crippen LogP contribution in [0.4, 0.5) is 0 Å². The predicted octanol–water partition coefficient (Wildman–Crippen LogP) is 3.00. The van der Waals surface area contributed by atoms with Gasteiger partial charge in [0.15, 0.2) is 0 Å². The number of piperidine rings is 1. The van der Waals surface area contributed by atoms with E-state index in [9.17, 15) is 14.7 Å². The number of rotatable bonds is 3. The topological polar surface area (TPSA) is 70.1 Å². The highest BCUT2D eigenvalue weighted by Gasteiger charge is 2.34. The summed E-state index contributed by atoms with van der Waals surface area (Å²) in [6.07, 6.45) is 1.45. The van der Waals surface area contributed by atoms with Gasteiger partial charge in [0, 0.05) is 32.1 Å². The monoisotopic (exact) mass is 388 g/mol. The van der Waals surface area contributed by atoms with Gasteiger partial charge in [-0.25, -0.2) is 0 Å². The Hall–Kier alpha value is -2.08. The number of phenolic OH excluding ortho intramolecular Hbond substituents is 1. The van der Waals surface area contributed by atoms with E-state index >= 15 is 0 Å². The number of carbonyl (C=O) groups excluding carboxylic acids is 2. The number of hydrogen-bond donors (Lipinski definition) is 1. The average Bonchev–Trinajstić information content (AvgIpc) is 2.66. The van der Waals surface area contributed by atoms with E-state index in [0.29, 0.717) is 50.5 Å². The third-order valence-corrected chi connectivity index (χ3v) is 5.78. The lowest BCUT2D eigenvalue weighted by Gasteiger charge is -2.39. The van der Waals surface area contributed by atoms with Crippen molar-refractivity contribution in [3.05, 3.63) is 29.3 Å². The average molecular weight is 389 g/mol. The van der Waals surface area contributed by atoms with E-state index in [0.717, 1.165) is 5.56 Å². The molecule has 28 heavy (non-hydrogen) atoms. The van der Waals surface area contributed by atoms with Gasteiger partial charge in [-0.05, 0) is 50.3 Å². The van der Waals surface area contributed by atoms with Crippen molar-refractivity contribution in [2.24, 2.45) is 5.92 Å². The molecule has 1 N–H and O–H groups in total. The van der Waals surface area contributed by atoms with E-state index in [4.69, 9.17) is 4.74 Å². The Morgan fingerprint density at radius 2 is 1.68 bits per heavy atom. The molecule has 2 aliphatic rings. The highest BCUT2D eigenvalue weighted by molar-refractivity contribution is 5.97. The Bertz CT molecular complexity index is 715. The Kier molecular flexibility index (Phi) is 6.28. The summed E-state index contributed by atoms with van der Waals surface area (Å²) in [7, 11) is 0. The van der Waals surface area contributed by atoms with Crippen LogP contribution in [0.1, 0.15) is 62.4 Å². The van der Waals surface area contributed by atoms with Gasteiger partial charge in [0.2, 0.25) is 5.91 Å². The zero-order chi connectivity index (χ0) is 20.4. The SMILES string of the molecule is CC(C)c1ccc(C(=O)N2CCC(C(=O)N3C[C@H](C)O[C@@H](C)C3)CC2)c(O)c1. The van der Waals surface area contributed by atoms with Gasteiger partial charge in [0.1, 0.15) is 5.75 Å². The summed E-state index contributed by atoms with van der Waals surface area (Å²) in [6, 6.07) is 5.28. The molecule has 2 saturated heterocycles. The lowest BCUT2D eigenvalue weighted by molar-refractivity contribution is -0.148. The number of aromatic hydroxyl groups is 1. The summed E-state index contributed by atoms with van der Waals surface area (Å²) < 4.78 is 5.72. The summed E-state index contributed by atoms with van der Waals surface area (Å²) in [6.45, 7) is 10.4. The van der Waals surface area contributed by atoms with Crippen molar-refractivity contribution < 1.29 is 19.4 Å². The van der Waals surface area contributed by atoms with Crippen LogP contribution in [0.3, 0.4) is 0 Å². The Morgan fingerprint density at radius 3 is 2.21 bits per heavy atom. The number of nitrogens with zero attached hydrogens (tertiary/aromatic N) is 2. The molecular formula is C22H32N2O4. The zero-order valence-corrected chi connectivity index (χ0v) is 17.4. The quantitative estimate of drug-likeness (QED) is 0.864. The van der Waals surface area contributed by atoms with Gasteiger partial charge in [-0.3, -0.25) is 9.59 Å². The van der Waals surface area contributed by atoms with Crippen LogP contribution < -0.4 is 0 Å². The standard InChI is InChI=1S/C22H32N2O4/c1-14(2)18-5-6-19(20(25)11-18)22(27)23-9-7-17(8-10-23)21(26)24-12-15(3)28-16(4)13-24/h5-6,11,14-17,25H,7-10,12-13H2,1-4H3/t15-,16-/m0/s1. The fourth-order valence-electron chi connectivity index (χ4n) is 4.20. The van der Waals surface area contributed by atoms with Gasteiger partial charge in [-0.15, -0.1) is 0 Å². The maximum Gasteiger partial charge on any atom is 0.257 e. The van der Waals surface area contributed by atoms with Crippen LogP contribution in [0.15, 0.2) is 18.2 Å². The lowest BCUT2D eigenvalue weighted by Crippen LogP contribution is -2.51. The Labute approximate surface area is 167 Å². The third kappa shape index (κ3) is 4.49. The minimum atomic E-state index is -0.160. The molecule has 2 heterocycles. The molecule has 0 unspecified atom stereocenters. The second-order valence-electron chi connectivity index (χ2n) is 8.50. The van der Waals surface area contributed by atoms with Gasteiger partial charge < -0.3 is 19.6 Å².